The summed E-state index contributed by atoms with van der Waals surface area (Å²) in [5, 5.41) is 9.23. The number of nitrogens with two attached hydrogens (primary N) is 1. The first-order valence-corrected chi connectivity index (χ1v) is 6.06. The SMILES string of the molecule is CC(N)C(N1CCCCCC1CO)C(F)(F)F. The number of aliphatic hydroxyl groups is 1. The summed E-state index contributed by atoms with van der Waals surface area (Å²) in [5.41, 5.74) is 5.48. The van der Waals surface area contributed by atoms with Crippen molar-refractivity contribution in [2.45, 2.75) is 56.9 Å². The Morgan fingerprint density at radius 2 is 2.00 bits per heavy atom. The molecule has 17 heavy (non-hydrogen) atoms. The lowest BCUT2D eigenvalue weighted by Crippen LogP contribution is -2.58. The third-order valence-electron chi connectivity index (χ3n) is 3.32. The van der Waals surface area contributed by atoms with Gasteiger partial charge in [0.25, 0.3) is 0 Å². The summed E-state index contributed by atoms with van der Waals surface area (Å²) < 4.78 is 39.0. The van der Waals surface area contributed by atoms with E-state index in [1.54, 1.807) is 0 Å². The second-order valence-electron chi connectivity index (χ2n) is 4.77. The predicted molar refractivity (Wildman–Crippen MR) is 59.5 cm³/mol. The van der Waals surface area contributed by atoms with E-state index in [1.807, 2.05) is 0 Å². The quantitative estimate of drug-likeness (QED) is 0.802. The summed E-state index contributed by atoms with van der Waals surface area (Å²) in [6, 6.07) is -3.06. The van der Waals surface area contributed by atoms with Gasteiger partial charge in [-0.3, -0.25) is 4.90 Å². The van der Waals surface area contributed by atoms with Gasteiger partial charge in [-0.15, -0.1) is 0 Å². The molecule has 102 valence electrons. The molecule has 1 aliphatic rings. The summed E-state index contributed by atoms with van der Waals surface area (Å²) in [6.45, 7) is 1.49. The van der Waals surface area contributed by atoms with Crippen LogP contribution in [0.4, 0.5) is 13.2 Å². The van der Waals surface area contributed by atoms with Gasteiger partial charge in [0.2, 0.25) is 0 Å². The Hall–Kier alpha value is -0.330. The van der Waals surface area contributed by atoms with Crippen molar-refractivity contribution in [3.8, 4) is 0 Å². The van der Waals surface area contributed by atoms with Crippen molar-refractivity contribution in [3.05, 3.63) is 0 Å². The molecule has 0 radical (unpaired) electrons. The zero-order valence-electron chi connectivity index (χ0n) is 10.1. The molecule has 3 unspecified atom stereocenters. The van der Waals surface area contributed by atoms with E-state index in [2.05, 4.69) is 0 Å². The van der Waals surface area contributed by atoms with Crippen molar-refractivity contribution < 1.29 is 18.3 Å². The first-order valence-electron chi connectivity index (χ1n) is 6.06. The standard InChI is InChI=1S/C11H21F3N2O/c1-8(15)10(11(12,13)14)16-6-4-2-3-5-9(16)7-17/h8-10,17H,2-7,15H2,1H3. The maximum Gasteiger partial charge on any atom is 0.405 e. The van der Waals surface area contributed by atoms with Gasteiger partial charge in [-0.05, 0) is 26.3 Å². The van der Waals surface area contributed by atoms with Crippen molar-refractivity contribution in [2.75, 3.05) is 13.2 Å². The Balaban J connectivity index is 2.89. The van der Waals surface area contributed by atoms with Crippen molar-refractivity contribution in [1.82, 2.24) is 4.90 Å². The third kappa shape index (κ3) is 3.82. The minimum absolute atomic E-state index is 0.237. The number of hydrogen-bond acceptors (Lipinski definition) is 3. The van der Waals surface area contributed by atoms with E-state index in [0.717, 1.165) is 19.3 Å². The molecule has 1 saturated heterocycles. The van der Waals surface area contributed by atoms with Gasteiger partial charge in [-0.1, -0.05) is 12.8 Å². The van der Waals surface area contributed by atoms with E-state index < -0.39 is 24.3 Å². The summed E-state index contributed by atoms with van der Waals surface area (Å²) in [5.74, 6) is 0. The van der Waals surface area contributed by atoms with Gasteiger partial charge in [0, 0.05) is 12.1 Å². The fourth-order valence-corrected chi connectivity index (χ4v) is 2.55. The van der Waals surface area contributed by atoms with Crippen LogP contribution in [-0.2, 0) is 0 Å². The molecule has 3 N–H and O–H groups in total. The lowest BCUT2D eigenvalue weighted by molar-refractivity contribution is -0.195. The van der Waals surface area contributed by atoms with E-state index in [1.165, 1.54) is 11.8 Å². The van der Waals surface area contributed by atoms with Crippen molar-refractivity contribution in [1.29, 1.82) is 0 Å². The lowest BCUT2D eigenvalue weighted by Gasteiger charge is -2.39. The highest BCUT2D eigenvalue weighted by molar-refractivity contribution is 4.90. The van der Waals surface area contributed by atoms with Crippen LogP contribution in [0.3, 0.4) is 0 Å². The van der Waals surface area contributed by atoms with Crippen molar-refractivity contribution in [3.63, 3.8) is 0 Å². The largest absolute Gasteiger partial charge is 0.405 e. The maximum absolute atomic E-state index is 13.0. The molecule has 1 heterocycles. The Morgan fingerprint density at radius 1 is 1.35 bits per heavy atom. The van der Waals surface area contributed by atoms with Gasteiger partial charge in [0.05, 0.1) is 6.61 Å². The lowest BCUT2D eigenvalue weighted by atomic mass is 10.0. The summed E-state index contributed by atoms with van der Waals surface area (Å²) in [6.07, 6.45) is -1.22. The second-order valence-corrected chi connectivity index (χ2v) is 4.77. The predicted octanol–water partition coefficient (Wildman–Crippen LogP) is 1.50. The summed E-state index contributed by atoms with van der Waals surface area (Å²) >= 11 is 0. The van der Waals surface area contributed by atoms with Crippen LogP contribution in [0.25, 0.3) is 0 Å². The van der Waals surface area contributed by atoms with Crippen LogP contribution in [0.5, 0.6) is 0 Å². The molecule has 0 spiro atoms. The highest BCUT2D eigenvalue weighted by Gasteiger charge is 2.47. The third-order valence-corrected chi connectivity index (χ3v) is 3.32. The van der Waals surface area contributed by atoms with Gasteiger partial charge in [0.1, 0.15) is 6.04 Å². The first kappa shape index (κ1) is 14.7. The normalized spacial score (nSPS) is 27.5. The van der Waals surface area contributed by atoms with E-state index in [9.17, 15) is 18.3 Å². The molecule has 1 aliphatic heterocycles. The molecule has 3 nitrogen and oxygen atoms in total. The second kappa shape index (κ2) is 6.02. The Labute approximate surface area is 99.8 Å². The average Bonchev–Trinajstić information content (AvgIpc) is 2.40. The maximum atomic E-state index is 13.0. The molecule has 0 aliphatic carbocycles. The molecule has 6 heteroatoms. The minimum Gasteiger partial charge on any atom is -0.395 e. The van der Waals surface area contributed by atoms with E-state index in [0.29, 0.717) is 13.0 Å². The van der Waals surface area contributed by atoms with Crippen molar-refractivity contribution in [2.24, 2.45) is 5.73 Å². The highest BCUT2D eigenvalue weighted by Crippen LogP contribution is 2.30. The van der Waals surface area contributed by atoms with Crippen LogP contribution in [0.1, 0.15) is 32.6 Å². The number of nitrogens with zero attached hydrogens (tertiary/aromatic N) is 1. The summed E-state index contributed by atoms with van der Waals surface area (Å²) in [4.78, 5) is 1.34. The number of alkyl halides is 3. The molecule has 0 amide bonds. The van der Waals surface area contributed by atoms with Crippen molar-refractivity contribution >= 4 is 0 Å². The molecule has 3 atom stereocenters. The summed E-state index contributed by atoms with van der Waals surface area (Å²) in [7, 11) is 0. The molecule has 0 aromatic carbocycles. The molecule has 0 bridgehead atoms. The first-order chi connectivity index (χ1) is 7.88. The zero-order chi connectivity index (χ0) is 13.1. The highest BCUT2D eigenvalue weighted by atomic mass is 19.4. The molecular formula is C11H21F3N2O. The van der Waals surface area contributed by atoms with Gasteiger partial charge in [-0.25, -0.2) is 0 Å². The topological polar surface area (TPSA) is 49.5 Å². The average molecular weight is 254 g/mol. The van der Waals surface area contributed by atoms with Crippen LogP contribution in [0, 0.1) is 0 Å². The molecule has 0 saturated carbocycles. The van der Waals surface area contributed by atoms with Gasteiger partial charge < -0.3 is 10.8 Å². The Kier molecular flexibility index (Phi) is 5.22. The number of aliphatic hydroxyl groups excluding tert-OH is 1. The van der Waals surface area contributed by atoms with Crippen LogP contribution >= 0.6 is 0 Å². The Bertz CT molecular complexity index is 233. The smallest absolute Gasteiger partial charge is 0.395 e. The number of rotatable bonds is 3. The molecule has 0 aromatic heterocycles. The van der Waals surface area contributed by atoms with Crippen LogP contribution in [-0.4, -0.2) is 47.5 Å². The van der Waals surface area contributed by atoms with E-state index in [4.69, 9.17) is 5.73 Å². The van der Waals surface area contributed by atoms with Crippen LogP contribution in [0.2, 0.25) is 0 Å². The molecule has 1 fully saturated rings. The molecule has 0 aromatic rings. The number of likely N-dealkylation sites (tertiary alicyclic amines) is 1. The van der Waals surface area contributed by atoms with E-state index >= 15 is 0 Å². The fourth-order valence-electron chi connectivity index (χ4n) is 2.55. The Morgan fingerprint density at radius 3 is 2.47 bits per heavy atom. The van der Waals surface area contributed by atoms with Gasteiger partial charge in [0.15, 0.2) is 0 Å². The number of halogens is 3. The zero-order valence-corrected chi connectivity index (χ0v) is 10.1. The van der Waals surface area contributed by atoms with Gasteiger partial charge >= 0.3 is 6.18 Å². The molecule has 1 rings (SSSR count). The molecular weight excluding hydrogens is 233 g/mol. The fraction of sp³-hybridized carbons (Fsp3) is 1.00. The van der Waals surface area contributed by atoms with Gasteiger partial charge in [-0.2, -0.15) is 13.2 Å². The van der Waals surface area contributed by atoms with Crippen LogP contribution < -0.4 is 5.73 Å². The van der Waals surface area contributed by atoms with E-state index in [-0.39, 0.29) is 6.61 Å². The monoisotopic (exact) mass is 254 g/mol. The number of hydrogen-bond donors (Lipinski definition) is 2. The van der Waals surface area contributed by atoms with Crippen LogP contribution in [0.15, 0.2) is 0 Å². The minimum atomic E-state index is -4.34.